The highest BCUT2D eigenvalue weighted by atomic mass is 16.3. The van der Waals surface area contributed by atoms with Crippen molar-refractivity contribution in [2.75, 3.05) is 5.32 Å². The first kappa shape index (κ1) is 19.8. The minimum atomic E-state index is -1.05. The third-order valence-electron chi connectivity index (χ3n) is 4.20. The molecule has 0 radical (unpaired) electrons. The number of aromatic nitrogens is 2. The second-order valence-electron chi connectivity index (χ2n) is 6.31. The molecule has 0 fully saturated rings. The molecule has 0 aliphatic heterocycles. The van der Waals surface area contributed by atoms with Gasteiger partial charge >= 0.3 is 0 Å². The van der Waals surface area contributed by atoms with Crippen LogP contribution in [0.1, 0.15) is 16.1 Å². The Bertz CT molecular complexity index is 1110. The predicted molar refractivity (Wildman–Crippen MR) is 107 cm³/mol. The zero-order chi connectivity index (χ0) is 21.0. The molecule has 0 bridgehead atoms. The van der Waals surface area contributed by atoms with Gasteiger partial charge in [-0.1, -0.05) is 42.5 Å². The van der Waals surface area contributed by atoms with E-state index in [4.69, 9.17) is 11.5 Å². The summed E-state index contributed by atoms with van der Waals surface area (Å²) in [7, 11) is 0. The summed E-state index contributed by atoms with van der Waals surface area (Å²) in [6.45, 7) is 0. The van der Waals surface area contributed by atoms with Gasteiger partial charge in [0.2, 0.25) is 11.7 Å². The maximum absolute atomic E-state index is 12.6. The number of carbonyl (C=O) groups is 2. The molecule has 9 nitrogen and oxygen atoms in total. The van der Waals surface area contributed by atoms with Crippen LogP contribution in [0.2, 0.25) is 0 Å². The second kappa shape index (κ2) is 8.36. The van der Waals surface area contributed by atoms with E-state index >= 15 is 0 Å². The van der Waals surface area contributed by atoms with Crippen molar-refractivity contribution >= 4 is 17.5 Å². The third-order valence-corrected chi connectivity index (χ3v) is 4.20. The van der Waals surface area contributed by atoms with Gasteiger partial charge in [0, 0.05) is 5.56 Å². The second-order valence-corrected chi connectivity index (χ2v) is 6.31. The minimum absolute atomic E-state index is 0.0332. The van der Waals surface area contributed by atoms with E-state index in [1.807, 2.05) is 30.3 Å². The highest BCUT2D eigenvalue weighted by Gasteiger charge is 2.19. The number of primary amides is 1. The number of anilines is 1. The van der Waals surface area contributed by atoms with Crippen LogP contribution in [-0.2, 0) is 11.2 Å². The number of hydrogen-bond acceptors (Lipinski definition) is 6. The molecule has 9 heteroatoms. The summed E-state index contributed by atoms with van der Waals surface area (Å²) in [4.78, 5) is 42.2. The molecule has 0 aliphatic rings. The van der Waals surface area contributed by atoms with E-state index in [0.29, 0.717) is 17.7 Å². The highest BCUT2D eigenvalue weighted by molar-refractivity contribution is 5.98. The van der Waals surface area contributed by atoms with Gasteiger partial charge in [0.15, 0.2) is 5.69 Å². The summed E-state index contributed by atoms with van der Waals surface area (Å²) in [6.07, 6.45) is 0.342. The number of amides is 2. The third kappa shape index (κ3) is 4.47. The first-order valence-electron chi connectivity index (χ1n) is 8.69. The van der Waals surface area contributed by atoms with Crippen LogP contribution in [0.25, 0.3) is 11.4 Å². The maximum atomic E-state index is 12.6. The van der Waals surface area contributed by atoms with Crippen molar-refractivity contribution in [1.29, 1.82) is 0 Å². The lowest BCUT2D eigenvalue weighted by molar-refractivity contribution is -0.117. The van der Waals surface area contributed by atoms with Crippen molar-refractivity contribution < 1.29 is 14.7 Å². The maximum Gasteiger partial charge on any atom is 0.294 e. The lowest BCUT2D eigenvalue weighted by Gasteiger charge is -2.15. The molecule has 1 aromatic heterocycles. The Morgan fingerprint density at radius 2 is 1.76 bits per heavy atom. The van der Waals surface area contributed by atoms with Crippen molar-refractivity contribution in [1.82, 2.24) is 9.97 Å². The van der Waals surface area contributed by atoms with Crippen molar-refractivity contribution in [3.63, 3.8) is 0 Å². The molecular weight excluding hydrogens is 374 g/mol. The van der Waals surface area contributed by atoms with E-state index in [1.54, 1.807) is 24.3 Å². The van der Waals surface area contributed by atoms with Gasteiger partial charge in [-0.2, -0.15) is 0 Å². The number of nitrogens with two attached hydrogens (primary N) is 2. The molecule has 0 spiro atoms. The molecule has 0 saturated carbocycles. The zero-order valence-corrected chi connectivity index (χ0v) is 15.3. The Kier molecular flexibility index (Phi) is 5.70. The molecule has 3 aromatic rings. The molecular formula is C20H19N5O4. The standard InChI is InChI=1S/C20H19N5O4/c21-13(10-11-6-2-1-3-7-11)19(28)23-14-9-5-4-8-12(14)18-24-15(17(22)27)16(26)20(29)25-18/h1-9,13,26H,10,21H2,(H2,22,27)(H,23,28)(H,24,25,29)/t13-/m0/s1. The summed E-state index contributed by atoms with van der Waals surface area (Å²) < 4.78 is 0. The van der Waals surface area contributed by atoms with Crippen molar-refractivity contribution in [2.45, 2.75) is 12.5 Å². The number of para-hydroxylation sites is 1. The SMILES string of the molecule is NC(=O)c1nc(-c2ccccc2NC(=O)[C@@H](N)Cc2ccccc2)[nH]c(=O)c1O. The Balaban J connectivity index is 1.89. The number of aromatic hydroxyl groups is 1. The molecule has 1 atom stereocenters. The fraction of sp³-hybridized carbons (Fsp3) is 0.100. The number of H-pyrrole nitrogens is 1. The summed E-state index contributed by atoms with van der Waals surface area (Å²) in [5, 5.41) is 12.4. The van der Waals surface area contributed by atoms with E-state index in [2.05, 4.69) is 15.3 Å². The number of carbonyl (C=O) groups excluding carboxylic acids is 2. The predicted octanol–water partition coefficient (Wildman–Crippen LogP) is 0.750. The molecule has 1 heterocycles. The van der Waals surface area contributed by atoms with Crippen LogP contribution in [0.3, 0.4) is 0 Å². The van der Waals surface area contributed by atoms with Crippen molar-refractivity contribution in [3.05, 3.63) is 76.2 Å². The zero-order valence-electron chi connectivity index (χ0n) is 15.3. The van der Waals surface area contributed by atoms with Crippen LogP contribution < -0.4 is 22.3 Å². The van der Waals surface area contributed by atoms with Gasteiger partial charge in [0.1, 0.15) is 5.82 Å². The molecule has 29 heavy (non-hydrogen) atoms. The summed E-state index contributed by atoms with van der Waals surface area (Å²) in [5.74, 6) is -2.39. The van der Waals surface area contributed by atoms with Gasteiger partial charge < -0.3 is 26.9 Å². The van der Waals surface area contributed by atoms with Crippen LogP contribution in [0.15, 0.2) is 59.4 Å². The van der Waals surface area contributed by atoms with Gasteiger partial charge in [-0.3, -0.25) is 14.4 Å². The molecule has 0 unspecified atom stereocenters. The molecule has 0 saturated heterocycles. The first-order chi connectivity index (χ1) is 13.9. The molecule has 7 N–H and O–H groups in total. The van der Waals surface area contributed by atoms with Crippen LogP contribution in [0.5, 0.6) is 5.75 Å². The number of benzene rings is 2. The van der Waals surface area contributed by atoms with Crippen LogP contribution in [0.4, 0.5) is 5.69 Å². The van der Waals surface area contributed by atoms with E-state index in [-0.39, 0.29) is 5.82 Å². The fourth-order valence-corrected chi connectivity index (χ4v) is 2.75. The summed E-state index contributed by atoms with van der Waals surface area (Å²) in [5.41, 5.74) is 11.3. The first-order valence-corrected chi connectivity index (χ1v) is 8.69. The molecule has 0 aliphatic carbocycles. The fourth-order valence-electron chi connectivity index (χ4n) is 2.75. The molecule has 3 rings (SSSR count). The summed E-state index contributed by atoms with van der Waals surface area (Å²) >= 11 is 0. The van der Waals surface area contributed by atoms with E-state index in [9.17, 15) is 19.5 Å². The molecule has 2 amide bonds. The van der Waals surface area contributed by atoms with Crippen LogP contribution >= 0.6 is 0 Å². The average Bonchev–Trinajstić information content (AvgIpc) is 2.71. The monoisotopic (exact) mass is 393 g/mol. The number of hydrogen-bond donors (Lipinski definition) is 5. The van der Waals surface area contributed by atoms with E-state index in [0.717, 1.165) is 5.56 Å². The van der Waals surface area contributed by atoms with Gasteiger partial charge in [-0.05, 0) is 24.1 Å². The van der Waals surface area contributed by atoms with Crippen LogP contribution in [-0.4, -0.2) is 32.9 Å². The van der Waals surface area contributed by atoms with E-state index in [1.165, 1.54) is 0 Å². The van der Waals surface area contributed by atoms with Crippen LogP contribution in [0, 0.1) is 0 Å². The quantitative estimate of drug-likeness (QED) is 0.415. The Morgan fingerprint density at radius 1 is 1.10 bits per heavy atom. The number of aromatic amines is 1. The largest absolute Gasteiger partial charge is 0.501 e. The Hall–Kier alpha value is -3.98. The Morgan fingerprint density at radius 3 is 2.45 bits per heavy atom. The van der Waals surface area contributed by atoms with Gasteiger partial charge in [-0.25, -0.2) is 4.98 Å². The van der Waals surface area contributed by atoms with Crippen molar-refractivity contribution in [2.24, 2.45) is 11.5 Å². The van der Waals surface area contributed by atoms with Gasteiger partial charge in [0.05, 0.1) is 11.7 Å². The smallest absolute Gasteiger partial charge is 0.294 e. The Labute approximate surface area is 165 Å². The highest BCUT2D eigenvalue weighted by Crippen LogP contribution is 2.25. The van der Waals surface area contributed by atoms with Crippen molar-refractivity contribution in [3.8, 4) is 17.1 Å². The number of nitrogens with zero attached hydrogens (tertiary/aromatic N) is 1. The normalized spacial score (nSPS) is 11.6. The topological polar surface area (TPSA) is 164 Å². The number of nitrogens with one attached hydrogen (secondary N) is 2. The average molecular weight is 393 g/mol. The molecule has 148 valence electrons. The van der Waals surface area contributed by atoms with Gasteiger partial charge in [-0.15, -0.1) is 0 Å². The summed E-state index contributed by atoms with van der Waals surface area (Å²) in [6, 6.07) is 15.0. The van der Waals surface area contributed by atoms with E-state index < -0.39 is 34.9 Å². The number of rotatable bonds is 6. The van der Waals surface area contributed by atoms with Gasteiger partial charge in [0.25, 0.3) is 11.5 Å². The minimum Gasteiger partial charge on any atom is -0.501 e. The lowest BCUT2D eigenvalue weighted by atomic mass is 10.1. The molecule has 2 aromatic carbocycles. The lowest BCUT2D eigenvalue weighted by Crippen LogP contribution is -2.37.